The zero-order chi connectivity index (χ0) is 15.3. The first-order chi connectivity index (χ1) is 9.99. The van der Waals surface area contributed by atoms with E-state index in [1.807, 2.05) is 42.5 Å². The first-order valence-electron chi connectivity index (χ1n) is 7.22. The molecule has 1 atom stereocenters. The minimum atomic E-state index is -1.36. The molecule has 0 aliphatic rings. The number of rotatable bonds is 6. The molecule has 112 valence electrons. The Hall–Kier alpha value is -1.32. The highest BCUT2D eigenvalue weighted by molar-refractivity contribution is 7.97. The minimum Gasteiger partial charge on any atom is -0.260 e. The molecule has 1 unspecified atom stereocenters. The van der Waals surface area contributed by atoms with Crippen LogP contribution in [0.15, 0.2) is 54.6 Å². The van der Waals surface area contributed by atoms with Gasteiger partial charge in [0.15, 0.2) is 0 Å². The summed E-state index contributed by atoms with van der Waals surface area (Å²) in [5.41, 5.74) is 1.61. The van der Waals surface area contributed by atoms with Crippen LogP contribution >= 0.6 is 11.9 Å². The molecule has 2 aromatic carbocycles. The molecule has 0 amide bonds. The second-order valence-electron chi connectivity index (χ2n) is 5.63. The van der Waals surface area contributed by atoms with Gasteiger partial charge in [-0.3, -0.25) is 4.72 Å². The van der Waals surface area contributed by atoms with Crippen LogP contribution in [0.3, 0.4) is 0 Å². The van der Waals surface area contributed by atoms with Crippen LogP contribution < -0.4 is 4.72 Å². The van der Waals surface area contributed by atoms with E-state index in [0.29, 0.717) is 17.4 Å². The highest BCUT2D eigenvalue weighted by Crippen LogP contribution is 2.28. The zero-order valence-corrected chi connectivity index (χ0v) is 13.6. The molecule has 0 fully saturated rings. The number of alkyl halides is 1. The maximum Gasteiger partial charge on any atom is 0.146 e. The summed E-state index contributed by atoms with van der Waals surface area (Å²) in [5, 5.41) is 0.446. The van der Waals surface area contributed by atoms with E-state index in [9.17, 15) is 4.39 Å². The Morgan fingerprint density at radius 1 is 1.00 bits per heavy atom. The lowest BCUT2D eigenvalue weighted by atomic mass is 9.95. The van der Waals surface area contributed by atoms with Gasteiger partial charge in [-0.25, -0.2) is 4.39 Å². The summed E-state index contributed by atoms with van der Waals surface area (Å²) in [5.74, 6) is 0. The molecule has 0 bridgehead atoms. The van der Waals surface area contributed by atoms with Crippen molar-refractivity contribution in [1.29, 1.82) is 0 Å². The van der Waals surface area contributed by atoms with Gasteiger partial charge in [-0.1, -0.05) is 80.4 Å². The minimum absolute atomic E-state index is 0.306. The van der Waals surface area contributed by atoms with E-state index in [4.69, 9.17) is 0 Å². The summed E-state index contributed by atoms with van der Waals surface area (Å²) < 4.78 is 17.8. The highest BCUT2D eigenvalue weighted by atomic mass is 32.2. The lowest BCUT2D eigenvalue weighted by Crippen LogP contribution is -2.29. The second kappa shape index (κ2) is 7.10. The molecule has 0 spiro atoms. The van der Waals surface area contributed by atoms with Crippen LogP contribution in [0.4, 0.5) is 4.39 Å². The standard InChI is InChI=1S/C18H22FNS/c1-14(2)21-20-13-18(3,19)17-11-9-16(10-12-17)15-7-5-4-6-8-15/h4-12,14,20H,13H2,1-3H3. The average molecular weight is 303 g/mol. The molecule has 0 saturated heterocycles. The first-order valence-corrected chi connectivity index (χ1v) is 8.10. The predicted molar refractivity (Wildman–Crippen MR) is 91.1 cm³/mol. The van der Waals surface area contributed by atoms with Crippen molar-refractivity contribution in [1.82, 2.24) is 4.72 Å². The Morgan fingerprint density at radius 3 is 2.14 bits per heavy atom. The van der Waals surface area contributed by atoms with Crippen LogP contribution in [-0.4, -0.2) is 11.8 Å². The summed E-state index contributed by atoms with van der Waals surface area (Å²) in [6.45, 7) is 6.10. The van der Waals surface area contributed by atoms with Gasteiger partial charge >= 0.3 is 0 Å². The van der Waals surface area contributed by atoms with Gasteiger partial charge in [0.2, 0.25) is 0 Å². The van der Waals surface area contributed by atoms with Gasteiger partial charge < -0.3 is 0 Å². The quantitative estimate of drug-likeness (QED) is 0.738. The number of hydrogen-bond donors (Lipinski definition) is 1. The Kier molecular flexibility index (Phi) is 5.43. The monoisotopic (exact) mass is 303 g/mol. The van der Waals surface area contributed by atoms with E-state index in [2.05, 4.69) is 30.7 Å². The Morgan fingerprint density at radius 2 is 1.57 bits per heavy atom. The molecule has 1 N–H and O–H groups in total. The van der Waals surface area contributed by atoms with Crippen LogP contribution in [0.25, 0.3) is 11.1 Å². The SMILES string of the molecule is CC(C)SNCC(C)(F)c1ccc(-c2ccccc2)cc1. The summed E-state index contributed by atoms with van der Waals surface area (Å²) in [6, 6.07) is 17.9. The van der Waals surface area contributed by atoms with Crippen LogP contribution in [0.1, 0.15) is 26.3 Å². The third kappa shape index (κ3) is 4.58. The number of halogens is 1. The predicted octanol–water partition coefficient (Wildman–Crippen LogP) is 5.18. The highest BCUT2D eigenvalue weighted by Gasteiger charge is 2.25. The van der Waals surface area contributed by atoms with Crippen molar-refractivity contribution in [3.8, 4) is 11.1 Å². The van der Waals surface area contributed by atoms with Crippen molar-refractivity contribution in [2.24, 2.45) is 0 Å². The van der Waals surface area contributed by atoms with Crippen LogP contribution in [-0.2, 0) is 5.67 Å². The number of hydrogen-bond acceptors (Lipinski definition) is 2. The molecule has 1 nitrogen and oxygen atoms in total. The molecule has 21 heavy (non-hydrogen) atoms. The van der Waals surface area contributed by atoms with Crippen molar-refractivity contribution in [2.45, 2.75) is 31.7 Å². The fourth-order valence-electron chi connectivity index (χ4n) is 2.09. The van der Waals surface area contributed by atoms with Gasteiger partial charge in [0, 0.05) is 11.8 Å². The molecule has 0 saturated carbocycles. The van der Waals surface area contributed by atoms with Crippen molar-refractivity contribution in [3.63, 3.8) is 0 Å². The number of benzene rings is 2. The van der Waals surface area contributed by atoms with Crippen molar-refractivity contribution < 1.29 is 4.39 Å². The van der Waals surface area contributed by atoms with Gasteiger partial charge in [0.05, 0.1) is 0 Å². The van der Waals surface area contributed by atoms with Crippen molar-refractivity contribution in [2.75, 3.05) is 6.54 Å². The van der Waals surface area contributed by atoms with Gasteiger partial charge in [-0.05, 0) is 23.6 Å². The largest absolute Gasteiger partial charge is 0.260 e. The molecular weight excluding hydrogens is 281 g/mol. The fraction of sp³-hybridized carbons (Fsp3) is 0.333. The normalized spacial score (nSPS) is 14.1. The average Bonchev–Trinajstić information content (AvgIpc) is 2.48. The third-order valence-corrected chi connectivity index (χ3v) is 4.10. The maximum absolute atomic E-state index is 14.7. The molecule has 0 radical (unpaired) electrons. The van der Waals surface area contributed by atoms with Crippen molar-refractivity contribution >= 4 is 11.9 Å². The van der Waals surface area contributed by atoms with Crippen LogP contribution in [0.2, 0.25) is 0 Å². The summed E-state index contributed by atoms with van der Waals surface area (Å²) in [4.78, 5) is 0. The van der Waals surface area contributed by atoms with E-state index in [1.54, 1.807) is 18.9 Å². The lowest BCUT2D eigenvalue weighted by Gasteiger charge is -2.22. The van der Waals surface area contributed by atoms with E-state index in [1.165, 1.54) is 0 Å². The molecule has 2 aromatic rings. The molecule has 0 heterocycles. The smallest absolute Gasteiger partial charge is 0.146 e. The molecule has 0 aliphatic heterocycles. The van der Waals surface area contributed by atoms with Gasteiger partial charge in [0.1, 0.15) is 5.67 Å². The lowest BCUT2D eigenvalue weighted by molar-refractivity contribution is 0.198. The van der Waals surface area contributed by atoms with E-state index >= 15 is 0 Å². The summed E-state index contributed by atoms with van der Waals surface area (Å²) >= 11 is 1.56. The Labute approximate surface area is 131 Å². The van der Waals surface area contributed by atoms with Gasteiger partial charge in [0.25, 0.3) is 0 Å². The van der Waals surface area contributed by atoms with E-state index < -0.39 is 5.67 Å². The van der Waals surface area contributed by atoms with Gasteiger partial charge in [-0.2, -0.15) is 0 Å². The Balaban J connectivity index is 2.07. The second-order valence-corrected chi connectivity index (χ2v) is 7.10. The number of nitrogens with one attached hydrogen (secondary N) is 1. The maximum atomic E-state index is 14.7. The van der Waals surface area contributed by atoms with Crippen LogP contribution in [0.5, 0.6) is 0 Å². The summed E-state index contributed by atoms with van der Waals surface area (Å²) in [6.07, 6.45) is 0. The van der Waals surface area contributed by atoms with Crippen LogP contribution in [0, 0.1) is 0 Å². The molecular formula is C18H22FNS. The molecule has 0 aliphatic carbocycles. The van der Waals surface area contributed by atoms with E-state index in [-0.39, 0.29) is 0 Å². The molecule has 2 rings (SSSR count). The zero-order valence-electron chi connectivity index (χ0n) is 12.8. The van der Waals surface area contributed by atoms with Crippen molar-refractivity contribution in [3.05, 3.63) is 60.2 Å². The molecule has 0 aromatic heterocycles. The fourth-order valence-corrected chi connectivity index (χ4v) is 2.77. The first kappa shape index (κ1) is 16.1. The van der Waals surface area contributed by atoms with E-state index in [0.717, 1.165) is 11.1 Å². The molecule has 3 heteroatoms. The summed E-state index contributed by atoms with van der Waals surface area (Å²) in [7, 11) is 0. The topological polar surface area (TPSA) is 12.0 Å². The Bertz CT molecular complexity index is 549. The van der Waals surface area contributed by atoms with Gasteiger partial charge in [-0.15, -0.1) is 0 Å². The third-order valence-electron chi connectivity index (χ3n) is 3.32.